The molecule has 0 saturated carbocycles. The Morgan fingerprint density at radius 2 is 1.78 bits per heavy atom. The summed E-state index contributed by atoms with van der Waals surface area (Å²) in [6.45, 7) is 2.34. The van der Waals surface area contributed by atoms with Gasteiger partial charge in [0.05, 0.1) is 16.9 Å². The van der Waals surface area contributed by atoms with Gasteiger partial charge in [-0.2, -0.15) is 0 Å². The molecule has 0 aliphatic carbocycles. The zero-order chi connectivity index (χ0) is 16.4. The number of carbonyl (C=O) groups is 1. The fourth-order valence-electron chi connectivity index (χ4n) is 2.77. The lowest BCUT2D eigenvalue weighted by atomic mass is 10.1. The minimum Gasteiger partial charge on any atom is -0.397 e. The van der Waals surface area contributed by atoms with Crippen LogP contribution in [0, 0.1) is 5.82 Å². The average molecular weight is 334 g/mol. The average Bonchev–Trinajstić information content (AvgIpc) is 2.55. The number of amides is 1. The van der Waals surface area contributed by atoms with Crippen LogP contribution in [-0.4, -0.2) is 37.0 Å². The summed E-state index contributed by atoms with van der Waals surface area (Å²) in [6, 6.07) is 11.5. The Morgan fingerprint density at radius 3 is 2.43 bits per heavy atom. The molecule has 1 fully saturated rings. The lowest BCUT2D eigenvalue weighted by molar-refractivity contribution is 0.0742. The lowest BCUT2D eigenvalue weighted by Crippen LogP contribution is -2.49. The number of benzene rings is 2. The number of nitrogens with two attached hydrogens (primary N) is 1. The van der Waals surface area contributed by atoms with Crippen LogP contribution in [0.25, 0.3) is 0 Å². The number of nitrogens with zero attached hydrogens (tertiary/aromatic N) is 2. The topological polar surface area (TPSA) is 49.6 Å². The number of hydrogen-bond acceptors (Lipinski definition) is 3. The van der Waals surface area contributed by atoms with Gasteiger partial charge in [-0.3, -0.25) is 4.79 Å². The highest BCUT2D eigenvalue weighted by molar-refractivity contribution is 6.31. The smallest absolute Gasteiger partial charge is 0.256 e. The van der Waals surface area contributed by atoms with Gasteiger partial charge >= 0.3 is 0 Å². The monoisotopic (exact) mass is 333 g/mol. The Bertz CT molecular complexity index is 730. The van der Waals surface area contributed by atoms with E-state index in [1.165, 1.54) is 12.1 Å². The standard InChI is InChI=1S/C17H17ClFN3O/c18-12-5-6-16(15(20)11-12)21-7-9-22(10-8-21)17(23)13-3-1-2-4-14(13)19/h1-6,11H,7-10,20H2. The molecule has 0 atom stereocenters. The van der Waals surface area contributed by atoms with Crippen LogP contribution >= 0.6 is 11.6 Å². The SMILES string of the molecule is Nc1cc(Cl)ccc1N1CCN(C(=O)c2ccccc2F)CC1. The fourth-order valence-corrected chi connectivity index (χ4v) is 2.95. The molecule has 120 valence electrons. The van der Waals surface area contributed by atoms with Crippen molar-refractivity contribution in [1.29, 1.82) is 0 Å². The van der Waals surface area contributed by atoms with Crippen molar-refractivity contribution in [2.75, 3.05) is 36.8 Å². The molecule has 6 heteroatoms. The lowest BCUT2D eigenvalue weighted by Gasteiger charge is -2.36. The first-order chi connectivity index (χ1) is 11.1. The third-order valence-electron chi connectivity index (χ3n) is 4.00. The molecule has 0 radical (unpaired) electrons. The molecule has 4 nitrogen and oxygen atoms in total. The normalized spacial score (nSPS) is 14.9. The second-order valence-electron chi connectivity index (χ2n) is 5.46. The van der Waals surface area contributed by atoms with Crippen LogP contribution in [-0.2, 0) is 0 Å². The van der Waals surface area contributed by atoms with E-state index in [9.17, 15) is 9.18 Å². The van der Waals surface area contributed by atoms with Crippen LogP contribution in [0.1, 0.15) is 10.4 Å². The first-order valence-corrected chi connectivity index (χ1v) is 7.78. The molecule has 2 aromatic rings. The summed E-state index contributed by atoms with van der Waals surface area (Å²) in [4.78, 5) is 16.2. The molecular formula is C17H17ClFN3O. The summed E-state index contributed by atoms with van der Waals surface area (Å²) in [5.41, 5.74) is 7.65. The van der Waals surface area contributed by atoms with Gasteiger partial charge < -0.3 is 15.5 Å². The zero-order valence-corrected chi connectivity index (χ0v) is 13.3. The van der Waals surface area contributed by atoms with Gasteiger partial charge in [0.15, 0.2) is 0 Å². The van der Waals surface area contributed by atoms with E-state index in [1.54, 1.807) is 29.2 Å². The van der Waals surface area contributed by atoms with E-state index in [4.69, 9.17) is 17.3 Å². The third kappa shape index (κ3) is 3.24. The molecule has 1 heterocycles. The van der Waals surface area contributed by atoms with Crippen LogP contribution in [0.5, 0.6) is 0 Å². The Hall–Kier alpha value is -2.27. The van der Waals surface area contributed by atoms with E-state index in [0.29, 0.717) is 36.9 Å². The van der Waals surface area contributed by atoms with Gasteiger partial charge in [0.2, 0.25) is 0 Å². The molecule has 0 unspecified atom stereocenters. The van der Waals surface area contributed by atoms with Gasteiger partial charge in [-0.15, -0.1) is 0 Å². The van der Waals surface area contributed by atoms with Crippen LogP contribution in [0.4, 0.5) is 15.8 Å². The van der Waals surface area contributed by atoms with E-state index in [1.807, 2.05) is 6.07 Å². The highest BCUT2D eigenvalue weighted by atomic mass is 35.5. The first kappa shape index (κ1) is 15.6. The Balaban J connectivity index is 1.69. The summed E-state index contributed by atoms with van der Waals surface area (Å²) in [5, 5.41) is 0.597. The number of piperazine rings is 1. The van der Waals surface area contributed by atoms with Gasteiger partial charge in [0.25, 0.3) is 5.91 Å². The van der Waals surface area contributed by atoms with E-state index < -0.39 is 5.82 Å². The summed E-state index contributed by atoms with van der Waals surface area (Å²) < 4.78 is 13.7. The van der Waals surface area contributed by atoms with Gasteiger partial charge in [-0.1, -0.05) is 23.7 Å². The molecular weight excluding hydrogens is 317 g/mol. The van der Waals surface area contributed by atoms with Gasteiger partial charge in [-0.05, 0) is 30.3 Å². The summed E-state index contributed by atoms with van der Waals surface area (Å²) >= 11 is 5.92. The molecule has 3 rings (SSSR count). The highest BCUT2D eigenvalue weighted by Crippen LogP contribution is 2.27. The predicted molar refractivity (Wildman–Crippen MR) is 90.4 cm³/mol. The first-order valence-electron chi connectivity index (χ1n) is 7.40. The number of nitrogen functional groups attached to an aromatic ring is 1. The molecule has 1 saturated heterocycles. The molecule has 1 amide bonds. The van der Waals surface area contributed by atoms with Gasteiger partial charge in [0.1, 0.15) is 5.82 Å². The molecule has 1 aliphatic heterocycles. The third-order valence-corrected chi connectivity index (χ3v) is 4.24. The minimum atomic E-state index is -0.484. The van der Waals surface area contributed by atoms with Crippen molar-refractivity contribution in [3.8, 4) is 0 Å². The maximum atomic E-state index is 13.7. The van der Waals surface area contributed by atoms with E-state index in [-0.39, 0.29) is 11.5 Å². The zero-order valence-electron chi connectivity index (χ0n) is 12.5. The van der Waals surface area contributed by atoms with Crippen molar-refractivity contribution >= 4 is 28.9 Å². The second-order valence-corrected chi connectivity index (χ2v) is 5.90. The maximum absolute atomic E-state index is 13.7. The molecule has 0 bridgehead atoms. The number of hydrogen-bond donors (Lipinski definition) is 1. The van der Waals surface area contributed by atoms with Crippen molar-refractivity contribution in [3.05, 3.63) is 58.9 Å². The molecule has 1 aliphatic rings. The molecule has 23 heavy (non-hydrogen) atoms. The largest absolute Gasteiger partial charge is 0.397 e. The number of anilines is 2. The summed E-state index contributed by atoms with van der Waals surface area (Å²) in [5.74, 6) is -0.756. The highest BCUT2D eigenvalue weighted by Gasteiger charge is 2.24. The molecule has 2 N–H and O–H groups in total. The van der Waals surface area contributed by atoms with Crippen molar-refractivity contribution < 1.29 is 9.18 Å². The summed E-state index contributed by atoms with van der Waals surface area (Å²) in [7, 11) is 0. The van der Waals surface area contributed by atoms with Crippen molar-refractivity contribution in [1.82, 2.24) is 4.90 Å². The van der Waals surface area contributed by atoms with E-state index in [0.717, 1.165) is 5.69 Å². The number of carbonyl (C=O) groups excluding carboxylic acids is 1. The Labute approximate surface area is 139 Å². The second kappa shape index (κ2) is 6.46. The van der Waals surface area contributed by atoms with Crippen LogP contribution in [0.15, 0.2) is 42.5 Å². The van der Waals surface area contributed by atoms with E-state index in [2.05, 4.69) is 4.90 Å². The molecule has 0 aromatic heterocycles. The fraction of sp³-hybridized carbons (Fsp3) is 0.235. The Kier molecular flexibility index (Phi) is 4.39. The van der Waals surface area contributed by atoms with Crippen LogP contribution < -0.4 is 10.6 Å². The van der Waals surface area contributed by atoms with Crippen molar-refractivity contribution in [2.24, 2.45) is 0 Å². The van der Waals surface area contributed by atoms with Crippen molar-refractivity contribution in [2.45, 2.75) is 0 Å². The predicted octanol–water partition coefficient (Wildman–Crippen LogP) is 3.02. The van der Waals surface area contributed by atoms with Crippen molar-refractivity contribution in [3.63, 3.8) is 0 Å². The van der Waals surface area contributed by atoms with E-state index >= 15 is 0 Å². The molecule has 2 aromatic carbocycles. The maximum Gasteiger partial charge on any atom is 0.256 e. The molecule has 0 spiro atoms. The number of halogens is 2. The summed E-state index contributed by atoms with van der Waals surface area (Å²) in [6.07, 6.45) is 0. The Morgan fingerprint density at radius 1 is 1.09 bits per heavy atom. The number of rotatable bonds is 2. The van der Waals surface area contributed by atoms with Gasteiger partial charge in [-0.25, -0.2) is 4.39 Å². The quantitative estimate of drug-likeness (QED) is 0.859. The van der Waals surface area contributed by atoms with Crippen LogP contribution in [0.2, 0.25) is 5.02 Å². The van der Waals surface area contributed by atoms with Gasteiger partial charge in [0, 0.05) is 31.2 Å². The van der Waals surface area contributed by atoms with Crippen LogP contribution in [0.3, 0.4) is 0 Å². The minimum absolute atomic E-state index is 0.118.